The number of halogens is 1. The van der Waals surface area contributed by atoms with Crippen molar-refractivity contribution in [3.63, 3.8) is 0 Å². The predicted molar refractivity (Wildman–Crippen MR) is 50.6 cm³/mol. The van der Waals surface area contributed by atoms with Gasteiger partial charge >= 0.3 is 0 Å². The van der Waals surface area contributed by atoms with Crippen molar-refractivity contribution in [2.75, 3.05) is 16.8 Å². The Morgan fingerprint density at radius 3 is 2.56 bits per heavy atom. The van der Waals surface area contributed by atoms with Crippen LogP contribution in [0.1, 0.15) is 20.3 Å². The van der Waals surface area contributed by atoms with Crippen LogP contribution in [0.2, 0.25) is 0 Å². The molecule has 0 saturated heterocycles. The van der Waals surface area contributed by atoms with Crippen LogP contribution >= 0.6 is 27.7 Å². The maximum atomic E-state index is 3.40. The molecule has 0 aromatic rings. The van der Waals surface area contributed by atoms with Gasteiger partial charge in [-0.1, -0.05) is 29.8 Å². The lowest BCUT2D eigenvalue weighted by Gasteiger charge is -2.01. The molecule has 0 bridgehead atoms. The molecule has 0 heterocycles. The van der Waals surface area contributed by atoms with Gasteiger partial charge in [0.25, 0.3) is 0 Å². The minimum Gasteiger partial charge on any atom is -0.162 e. The highest BCUT2D eigenvalue weighted by molar-refractivity contribution is 9.09. The van der Waals surface area contributed by atoms with Crippen molar-refractivity contribution in [2.45, 2.75) is 20.3 Å². The normalized spacial score (nSPS) is 10.7. The van der Waals surface area contributed by atoms with Crippen LogP contribution < -0.4 is 0 Å². The molecule has 2 heteroatoms. The molecule has 0 spiro atoms. The topological polar surface area (TPSA) is 0 Å². The van der Waals surface area contributed by atoms with Gasteiger partial charge in [-0.25, -0.2) is 0 Å². The second kappa shape index (κ2) is 6.94. The molecule has 0 saturated carbocycles. The van der Waals surface area contributed by atoms with Gasteiger partial charge in [0.15, 0.2) is 0 Å². The summed E-state index contributed by atoms with van der Waals surface area (Å²) in [7, 11) is 0. The molecular formula is C7H15BrS. The summed E-state index contributed by atoms with van der Waals surface area (Å²) in [5, 5.41) is 1.15. The molecule has 0 atom stereocenters. The van der Waals surface area contributed by atoms with Gasteiger partial charge < -0.3 is 0 Å². The highest BCUT2D eigenvalue weighted by Crippen LogP contribution is 2.08. The van der Waals surface area contributed by atoms with Crippen LogP contribution in [0.5, 0.6) is 0 Å². The first-order chi connectivity index (χ1) is 4.27. The zero-order valence-electron chi connectivity index (χ0n) is 6.19. The first kappa shape index (κ1) is 9.83. The lowest BCUT2D eigenvalue weighted by molar-refractivity contribution is 0.750. The van der Waals surface area contributed by atoms with Gasteiger partial charge in [-0.05, 0) is 23.8 Å². The smallest absolute Gasteiger partial charge is 0.00391 e. The molecule has 0 aromatic carbocycles. The molecular weight excluding hydrogens is 196 g/mol. The van der Waals surface area contributed by atoms with Crippen LogP contribution in [0.15, 0.2) is 0 Å². The van der Waals surface area contributed by atoms with Crippen molar-refractivity contribution < 1.29 is 0 Å². The zero-order valence-corrected chi connectivity index (χ0v) is 8.59. The maximum Gasteiger partial charge on any atom is 0.00391 e. The van der Waals surface area contributed by atoms with Crippen LogP contribution in [-0.2, 0) is 0 Å². The standard InChI is InChI=1S/C7H15BrS/c1-7(2)6-9-5-3-4-8/h7H,3-6H2,1-2H3. The molecule has 0 aliphatic carbocycles. The van der Waals surface area contributed by atoms with Crippen LogP contribution in [0.4, 0.5) is 0 Å². The van der Waals surface area contributed by atoms with Crippen molar-refractivity contribution >= 4 is 27.7 Å². The Kier molecular flexibility index (Phi) is 7.58. The summed E-state index contributed by atoms with van der Waals surface area (Å²) in [4.78, 5) is 0. The second-order valence-corrected chi connectivity index (χ2v) is 4.45. The van der Waals surface area contributed by atoms with Crippen molar-refractivity contribution in [1.82, 2.24) is 0 Å². The van der Waals surface area contributed by atoms with Gasteiger partial charge in [-0.15, -0.1) is 0 Å². The van der Waals surface area contributed by atoms with E-state index in [-0.39, 0.29) is 0 Å². The molecule has 0 amide bonds. The average molecular weight is 211 g/mol. The van der Waals surface area contributed by atoms with Crippen molar-refractivity contribution in [1.29, 1.82) is 0 Å². The number of alkyl halides is 1. The molecule has 0 N–H and O–H groups in total. The van der Waals surface area contributed by atoms with Crippen LogP contribution in [0.25, 0.3) is 0 Å². The van der Waals surface area contributed by atoms with E-state index in [9.17, 15) is 0 Å². The highest BCUT2D eigenvalue weighted by Gasteiger charge is 1.92. The fraction of sp³-hybridized carbons (Fsp3) is 1.00. The van der Waals surface area contributed by atoms with E-state index in [0.29, 0.717) is 0 Å². The summed E-state index contributed by atoms with van der Waals surface area (Å²) in [6, 6.07) is 0. The van der Waals surface area contributed by atoms with Gasteiger partial charge in [-0.3, -0.25) is 0 Å². The number of thioether (sulfide) groups is 1. The van der Waals surface area contributed by atoms with Gasteiger partial charge in [0, 0.05) is 5.33 Å². The SMILES string of the molecule is CC(C)CSCCCBr. The van der Waals surface area contributed by atoms with Crippen molar-refractivity contribution in [3.05, 3.63) is 0 Å². The fourth-order valence-electron chi connectivity index (χ4n) is 0.476. The summed E-state index contributed by atoms with van der Waals surface area (Å²) < 4.78 is 0. The summed E-state index contributed by atoms with van der Waals surface area (Å²) in [6.45, 7) is 4.53. The number of hydrogen-bond donors (Lipinski definition) is 0. The molecule has 0 aromatic heterocycles. The molecule has 9 heavy (non-hydrogen) atoms. The largest absolute Gasteiger partial charge is 0.162 e. The quantitative estimate of drug-likeness (QED) is 0.497. The molecule has 0 unspecified atom stereocenters. The molecule has 0 aliphatic heterocycles. The first-order valence-electron chi connectivity index (χ1n) is 3.41. The lowest BCUT2D eigenvalue weighted by atomic mass is 10.3. The van der Waals surface area contributed by atoms with Crippen LogP contribution in [-0.4, -0.2) is 16.8 Å². The Balaban J connectivity index is 2.75. The minimum absolute atomic E-state index is 0.852. The van der Waals surface area contributed by atoms with Crippen LogP contribution in [0.3, 0.4) is 0 Å². The predicted octanol–water partition coefficient (Wildman–Crippen LogP) is 3.16. The lowest BCUT2D eigenvalue weighted by Crippen LogP contribution is -1.92. The third-order valence-corrected chi connectivity index (χ3v) is 2.91. The number of hydrogen-bond acceptors (Lipinski definition) is 1. The Morgan fingerprint density at radius 2 is 2.11 bits per heavy atom. The monoisotopic (exact) mass is 210 g/mol. The van der Waals surface area contributed by atoms with E-state index in [2.05, 4.69) is 41.5 Å². The van der Waals surface area contributed by atoms with E-state index in [4.69, 9.17) is 0 Å². The summed E-state index contributed by atoms with van der Waals surface area (Å²) in [6.07, 6.45) is 1.30. The molecule has 56 valence electrons. The minimum atomic E-state index is 0.852. The average Bonchev–Trinajstić information content (AvgIpc) is 1.80. The third-order valence-electron chi connectivity index (χ3n) is 0.873. The fourth-order valence-corrected chi connectivity index (χ4v) is 2.11. The van der Waals surface area contributed by atoms with Crippen LogP contribution in [0, 0.1) is 5.92 Å². The van der Waals surface area contributed by atoms with E-state index in [1.54, 1.807) is 0 Å². The molecule has 0 fully saturated rings. The Hall–Kier alpha value is 0.830. The third kappa shape index (κ3) is 8.83. The molecule has 0 aliphatic rings. The van der Waals surface area contributed by atoms with Gasteiger partial charge in [0.2, 0.25) is 0 Å². The second-order valence-electron chi connectivity index (χ2n) is 2.51. The number of rotatable bonds is 5. The molecule has 0 radical (unpaired) electrons. The summed E-state index contributed by atoms with van der Waals surface area (Å²) in [5.74, 6) is 3.47. The van der Waals surface area contributed by atoms with E-state index in [1.165, 1.54) is 17.9 Å². The molecule has 0 nitrogen and oxygen atoms in total. The first-order valence-corrected chi connectivity index (χ1v) is 5.68. The summed E-state index contributed by atoms with van der Waals surface area (Å²) in [5.41, 5.74) is 0. The maximum absolute atomic E-state index is 3.40. The van der Waals surface area contributed by atoms with Crippen molar-refractivity contribution in [2.24, 2.45) is 5.92 Å². The zero-order chi connectivity index (χ0) is 7.11. The van der Waals surface area contributed by atoms with Gasteiger partial charge in [0.1, 0.15) is 0 Å². The molecule has 0 rings (SSSR count). The van der Waals surface area contributed by atoms with Gasteiger partial charge in [0.05, 0.1) is 0 Å². The summed E-state index contributed by atoms with van der Waals surface area (Å²) >= 11 is 5.46. The van der Waals surface area contributed by atoms with E-state index < -0.39 is 0 Å². The Bertz CT molecular complexity index is 54.9. The van der Waals surface area contributed by atoms with E-state index in [0.717, 1.165) is 11.2 Å². The van der Waals surface area contributed by atoms with Crippen molar-refractivity contribution in [3.8, 4) is 0 Å². The Labute approximate surface area is 70.9 Å². The highest BCUT2D eigenvalue weighted by atomic mass is 79.9. The Morgan fingerprint density at radius 1 is 1.44 bits per heavy atom. The van der Waals surface area contributed by atoms with E-state index in [1.807, 2.05) is 0 Å². The van der Waals surface area contributed by atoms with Gasteiger partial charge in [-0.2, -0.15) is 11.8 Å². The van der Waals surface area contributed by atoms with E-state index >= 15 is 0 Å².